The molecule has 3 aromatic rings. The topological polar surface area (TPSA) is 66.3 Å². The highest BCUT2D eigenvalue weighted by molar-refractivity contribution is 7.07. The Balaban J connectivity index is 1.68. The van der Waals surface area contributed by atoms with Crippen LogP contribution in [0.15, 0.2) is 34.1 Å². The van der Waals surface area contributed by atoms with E-state index in [1.165, 1.54) is 17.2 Å². The number of aromatic nitrogens is 4. The number of imidazole rings is 1. The molecule has 3 aromatic heterocycles. The second-order valence-corrected chi connectivity index (χ2v) is 6.36. The summed E-state index contributed by atoms with van der Waals surface area (Å²) >= 11 is 1.62. The monoisotopic (exact) mass is 315 g/mol. The van der Waals surface area contributed by atoms with Gasteiger partial charge in [0.15, 0.2) is 0 Å². The van der Waals surface area contributed by atoms with Crippen molar-refractivity contribution in [2.75, 3.05) is 6.54 Å². The largest absolute Gasteiger partial charge is 0.327 e. The molecule has 114 valence electrons. The van der Waals surface area contributed by atoms with Crippen LogP contribution in [-0.4, -0.2) is 30.8 Å². The number of fused-ring (bicyclic) bond motifs is 1. The number of likely N-dealkylation sites (tertiary alicyclic amines) is 1. The van der Waals surface area contributed by atoms with Gasteiger partial charge in [-0.25, -0.2) is 9.97 Å². The van der Waals surface area contributed by atoms with Crippen molar-refractivity contribution in [1.82, 2.24) is 24.3 Å². The minimum Gasteiger partial charge on any atom is -0.327 e. The number of aromatic amines is 1. The molecule has 0 saturated carbocycles. The van der Waals surface area contributed by atoms with E-state index < -0.39 is 0 Å². The maximum absolute atomic E-state index is 12.2. The molecule has 1 N–H and O–H groups in total. The van der Waals surface area contributed by atoms with Crippen LogP contribution in [0.4, 0.5) is 0 Å². The summed E-state index contributed by atoms with van der Waals surface area (Å²) in [6, 6.07) is 1.93. The van der Waals surface area contributed by atoms with Crippen molar-refractivity contribution in [3.8, 4) is 0 Å². The summed E-state index contributed by atoms with van der Waals surface area (Å²) in [6.45, 7) is 1.86. The van der Waals surface area contributed by atoms with Gasteiger partial charge in [0.2, 0.25) is 5.78 Å². The zero-order chi connectivity index (χ0) is 14.9. The number of rotatable bonds is 3. The molecule has 0 aliphatic carbocycles. The van der Waals surface area contributed by atoms with Gasteiger partial charge in [0.1, 0.15) is 0 Å². The molecule has 0 radical (unpaired) electrons. The molecule has 22 heavy (non-hydrogen) atoms. The lowest BCUT2D eigenvalue weighted by atomic mass is 9.99. The lowest BCUT2D eigenvalue weighted by Crippen LogP contribution is -2.34. The molecule has 6 nitrogen and oxygen atoms in total. The summed E-state index contributed by atoms with van der Waals surface area (Å²) < 4.78 is 1.54. The van der Waals surface area contributed by atoms with Gasteiger partial charge >= 0.3 is 0 Å². The number of hydrogen-bond donors (Lipinski definition) is 1. The minimum atomic E-state index is -0.0274. The van der Waals surface area contributed by atoms with Crippen LogP contribution in [0.25, 0.3) is 5.78 Å². The second kappa shape index (κ2) is 5.66. The first kappa shape index (κ1) is 13.7. The third-order valence-electron chi connectivity index (χ3n) is 4.23. The summed E-state index contributed by atoms with van der Waals surface area (Å²) in [5.41, 5.74) is 3.90. The number of hydrogen-bond acceptors (Lipinski definition) is 5. The molecule has 0 bridgehead atoms. The van der Waals surface area contributed by atoms with Gasteiger partial charge in [0.05, 0.1) is 17.2 Å². The molecule has 1 aliphatic rings. The quantitative estimate of drug-likeness (QED) is 0.805. The summed E-state index contributed by atoms with van der Waals surface area (Å²) in [4.78, 5) is 26.5. The van der Waals surface area contributed by atoms with Crippen LogP contribution in [0.1, 0.15) is 36.7 Å². The first-order chi connectivity index (χ1) is 10.8. The fourth-order valence-corrected chi connectivity index (χ4v) is 3.73. The Kier molecular flexibility index (Phi) is 3.51. The van der Waals surface area contributed by atoms with E-state index in [9.17, 15) is 4.79 Å². The van der Waals surface area contributed by atoms with Crippen LogP contribution in [0, 0.1) is 0 Å². The van der Waals surface area contributed by atoms with Crippen LogP contribution in [-0.2, 0) is 6.54 Å². The second-order valence-electron chi connectivity index (χ2n) is 5.65. The Bertz CT molecular complexity index is 822. The van der Waals surface area contributed by atoms with Crippen molar-refractivity contribution >= 4 is 17.1 Å². The third-order valence-corrected chi connectivity index (χ3v) is 4.87. The Labute approximate surface area is 131 Å². The molecule has 4 heterocycles. The van der Waals surface area contributed by atoms with Crippen molar-refractivity contribution in [2.45, 2.75) is 31.8 Å². The number of nitrogens with zero attached hydrogens (tertiary/aromatic N) is 4. The predicted molar refractivity (Wildman–Crippen MR) is 84.9 cm³/mol. The molecule has 0 aromatic carbocycles. The summed E-state index contributed by atoms with van der Waals surface area (Å²) in [7, 11) is 0. The van der Waals surface area contributed by atoms with Gasteiger partial charge in [-0.2, -0.15) is 0 Å². The van der Waals surface area contributed by atoms with Crippen LogP contribution in [0.5, 0.6) is 0 Å². The summed E-state index contributed by atoms with van der Waals surface area (Å²) in [6.07, 6.45) is 6.75. The van der Waals surface area contributed by atoms with Crippen LogP contribution in [0.3, 0.4) is 0 Å². The van der Waals surface area contributed by atoms with Gasteiger partial charge < -0.3 is 4.98 Å². The first-order valence-electron chi connectivity index (χ1n) is 7.49. The Morgan fingerprint density at radius 1 is 1.36 bits per heavy atom. The number of thiazole rings is 1. The average molecular weight is 315 g/mol. The van der Waals surface area contributed by atoms with Gasteiger partial charge in [-0.15, -0.1) is 11.3 Å². The van der Waals surface area contributed by atoms with Gasteiger partial charge in [0.25, 0.3) is 5.56 Å². The van der Waals surface area contributed by atoms with Crippen LogP contribution >= 0.6 is 11.3 Å². The highest BCUT2D eigenvalue weighted by atomic mass is 32.1. The fraction of sp³-hybridized carbons (Fsp3) is 0.400. The number of nitrogens with one attached hydrogen (secondary N) is 1. The van der Waals surface area contributed by atoms with E-state index in [1.807, 2.05) is 5.51 Å². The van der Waals surface area contributed by atoms with Crippen LogP contribution in [0.2, 0.25) is 0 Å². The van der Waals surface area contributed by atoms with E-state index in [4.69, 9.17) is 0 Å². The summed E-state index contributed by atoms with van der Waals surface area (Å²) in [5, 5.41) is 2.09. The lowest BCUT2D eigenvalue weighted by Gasteiger charge is -2.35. The Hall–Kier alpha value is -1.99. The van der Waals surface area contributed by atoms with E-state index in [1.54, 1.807) is 29.8 Å². The number of H-pyrrole nitrogens is 1. The third kappa shape index (κ3) is 2.46. The molecular weight excluding hydrogens is 298 g/mol. The predicted octanol–water partition coefficient (Wildman–Crippen LogP) is 2.21. The van der Waals surface area contributed by atoms with Crippen molar-refractivity contribution in [3.63, 3.8) is 0 Å². The van der Waals surface area contributed by atoms with E-state index in [0.717, 1.165) is 30.9 Å². The highest BCUT2D eigenvalue weighted by Gasteiger charge is 2.25. The Morgan fingerprint density at radius 2 is 2.32 bits per heavy atom. The van der Waals surface area contributed by atoms with Crippen molar-refractivity contribution in [3.05, 3.63) is 51.1 Å². The SMILES string of the molecule is O=c1cc(C2CCCCN2Cc2cscn2)[nH]c2nccn12. The van der Waals surface area contributed by atoms with E-state index in [-0.39, 0.29) is 11.6 Å². The lowest BCUT2D eigenvalue weighted by molar-refractivity contribution is 0.136. The number of piperidine rings is 1. The zero-order valence-electron chi connectivity index (χ0n) is 12.1. The van der Waals surface area contributed by atoms with Crippen LogP contribution < -0.4 is 5.56 Å². The molecule has 7 heteroatoms. The van der Waals surface area contributed by atoms with Crippen molar-refractivity contribution < 1.29 is 0 Å². The molecule has 1 atom stereocenters. The summed E-state index contributed by atoms with van der Waals surface area (Å²) in [5.74, 6) is 0.613. The first-order valence-corrected chi connectivity index (χ1v) is 8.43. The van der Waals surface area contributed by atoms with Crippen molar-refractivity contribution in [2.24, 2.45) is 0 Å². The maximum Gasteiger partial charge on any atom is 0.259 e. The molecule has 1 saturated heterocycles. The van der Waals surface area contributed by atoms with Crippen molar-refractivity contribution in [1.29, 1.82) is 0 Å². The van der Waals surface area contributed by atoms with Gasteiger partial charge in [-0.1, -0.05) is 6.42 Å². The zero-order valence-corrected chi connectivity index (χ0v) is 12.9. The van der Waals surface area contributed by atoms with Gasteiger partial charge in [-0.3, -0.25) is 14.1 Å². The minimum absolute atomic E-state index is 0.0274. The molecular formula is C15H17N5OS. The molecule has 4 rings (SSSR count). The Morgan fingerprint density at radius 3 is 3.18 bits per heavy atom. The average Bonchev–Trinajstić information content (AvgIpc) is 3.19. The standard InChI is InChI=1S/C15H17N5OS/c21-14-7-12(18-15-16-4-6-20(14)15)13-3-1-2-5-19(13)8-11-9-22-10-17-11/h4,6-7,9-10,13H,1-3,5,8H2,(H,16,18). The highest BCUT2D eigenvalue weighted by Crippen LogP contribution is 2.30. The molecule has 0 amide bonds. The maximum atomic E-state index is 12.2. The smallest absolute Gasteiger partial charge is 0.259 e. The van der Waals surface area contributed by atoms with E-state index in [2.05, 4.69) is 25.2 Å². The molecule has 1 unspecified atom stereocenters. The molecule has 0 spiro atoms. The van der Waals surface area contributed by atoms with Gasteiger partial charge in [0, 0.05) is 36.1 Å². The van der Waals surface area contributed by atoms with E-state index in [0.29, 0.717) is 5.78 Å². The van der Waals surface area contributed by atoms with E-state index >= 15 is 0 Å². The van der Waals surface area contributed by atoms with Gasteiger partial charge in [-0.05, 0) is 19.4 Å². The molecule has 1 aliphatic heterocycles. The fourth-order valence-electron chi connectivity index (χ4n) is 3.18. The molecule has 1 fully saturated rings. The normalized spacial score (nSPS) is 19.7.